The predicted octanol–water partition coefficient (Wildman–Crippen LogP) is 3.40. The molecule has 2 aromatic rings. The molecule has 0 aliphatic rings. The van der Waals surface area contributed by atoms with Crippen LogP contribution in [-0.4, -0.2) is 11.0 Å². The van der Waals surface area contributed by atoms with E-state index < -0.39 is 12.0 Å². The summed E-state index contributed by atoms with van der Waals surface area (Å²) in [6, 6.07) is 8.39. The zero-order chi connectivity index (χ0) is 13.8. The van der Waals surface area contributed by atoms with Crippen LogP contribution in [0.3, 0.4) is 0 Å². The summed E-state index contributed by atoms with van der Waals surface area (Å²) in [5.41, 5.74) is 0.376. The summed E-state index contributed by atoms with van der Waals surface area (Å²) in [6.45, 7) is 0.391. The molecule has 0 spiro atoms. The van der Waals surface area contributed by atoms with Gasteiger partial charge in [0, 0.05) is 14.9 Å². The minimum absolute atomic E-state index is 0.376. The lowest BCUT2D eigenvalue weighted by molar-refractivity contribution is -0.129. The Morgan fingerprint density at radius 2 is 2.00 bits per heavy atom. The fourth-order valence-electron chi connectivity index (χ4n) is 1.57. The quantitative estimate of drug-likeness (QED) is 0.908. The summed E-state index contributed by atoms with van der Waals surface area (Å²) in [6.07, 6.45) is -1.28. The number of amides is 1. The lowest BCUT2D eigenvalue weighted by Crippen LogP contribution is -2.28. The van der Waals surface area contributed by atoms with E-state index in [2.05, 4.69) is 5.32 Å². The Morgan fingerprint density at radius 3 is 2.58 bits per heavy atom. The number of carbonyl (C=O) groups excluding carboxylic acids is 1. The van der Waals surface area contributed by atoms with Crippen LogP contribution >= 0.6 is 34.5 Å². The average molecular weight is 316 g/mol. The van der Waals surface area contributed by atoms with Gasteiger partial charge in [0.15, 0.2) is 6.10 Å². The van der Waals surface area contributed by atoms with Gasteiger partial charge in [-0.05, 0) is 35.2 Å². The van der Waals surface area contributed by atoms with Crippen molar-refractivity contribution >= 4 is 40.4 Å². The van der Waals surface area contributed by atoms with Gasteiger partial charge < -0.3 is 10.4 Å². The van der Waals surface area contributed by atoms with Crippen LogP contribution in [0.2, 0.25) is 10.0 Å². The molecule has 1 aromatic heterocycles. The number of rotatable bonds is 4. The topological polar surface area (TPSA) is 49.3 Å². The summed E-state index contributed by atoms with van der Waals surface area (Å²) in [7, 11) is 0. The van der Waals surface area contributed by atoms with Crippen LogP contribution in [0.4, 0.5) is 0 Å². The lowest BCUT2D eigenvalue weighted by Gasteiger charge is -2.12. The Kier molecular flexibility index (Phi) is 4.82. The van der Waals surface area contributed by atoms with E-state index in [-0.39, 0.29) is 0 Å². The maximum absolute atomic E-state index is 11.8. The van der Waals surface area contributed by atoms with Crippen LogP contribution in [0.25, 0.3) is 0 Å². The molecular formula is C13H11Cl2NO2S. The molecule has 1 aromatic carbocycles. The molecule has 1 heterocycles. The van der Waals surface area contributed by atoms with E-state index in [1.54, 1.807) is 6.07 Å². The van der Waals surface area contributed by atoms with Gasteiger partial charge in [-0.1, -0.05) is 29.3 Å². The van der Waals surface area contributed by atoms with Crippen molar-refractivity contribution in [3.8, 4) is 0 Å². The Labute approximate surface area is 124 Å². The Hall–Kier alpha value is -1.07. The highest BCUT2D eigenvalue weighted by molar-refractivity contribution is 7.09. The lowest BCUT2D eigenvalue weighted by atomic mass is 10.1. The third kappa shape index (κ3) is 3.94. The van der Waals surface area contributed by atoms with Gasteiger partial charge in [-0.25, -0.2) is 0 Å². The standard InChI is InChI=1S/C13H11Cl2NO2S/c14-9-4-8(5-10(15)6-9)12(17)13(18)16-7-11-2-1-3-19-11/h1-6,12,17H,7H2,(H,16,18). The number of aliphatic hydroxyl groups excluding tert-OH is 1. The molecule has 0 bridgehead atoms. The van der Waals surface area contributed by atoms with Crippen molar-refractivity contribution in [2.45, 2.75) is 12.6 Å². The highest BCUT2D eigenvalue weighted by Gasteiger charge is 2.18. The van der Waals surface area contributed by atoms with E-state index in [4.69, 9.17) is 23.2 Å². The summed E-state index contributed by atoms with van der Waals surface area (Å²) in [4.78, 5) is 12.8. The van der Waals surface area contributed by atoms with Crippen LogP contribution in [0.1, 0.15) is 16.5 Å². The highest BCUT2D eigenvalue weighted by Crippen LogP contribution is 2.23. The Balaban J connectivity index is 2.02. The van der Waals surface area contributed by atoms with E-state index in [0.29, 0.717) is 22.2 Å². The molecular weight excluding hydrogens is 305 g/mol. The molecule has 2 N–H and O–H groups in total. The van der Waals surface area contributed by atoms with E-state index in [9.17, 15) is 9.90 Å². The van der Waals surface area contributed by atoms with Crippen LogP contribution in [0.15, 0.2) is 35.7 Å². The third-order valence-corrected chi connectivity index (χ3v) is 3.78. The molecule has 3 nitrogen and oxygen atoms in total. The van der Waals surface area contributed by atoms with E-state index in [1.165, 1.54) is 23.5 Å². The molecule has 6 heteroatoms. The molecule has 1 atom stereocenters. The maximum atomic E-state index is 11.8. The molecule has 2 rings (SSSR count). The molecule has 1 unspecified atom stereocenters. The SMILES string of the molecule is O=C(NCc1cccs1)C(O)c1cc(Cl)cc(Cl)c1. The predicted molar refractivity (Wildman–Crippen MR) is 77.6 cm³/mol. The van der Waals surface area contributed by atoms with Gasteiger partial charge in [0.25, 0.3) is 5.91 Å². The van der Waals surface area contributed by atoms with Crippen LogP contribution in [0.5, 0.6) is 0 Å². The Bertz CT molecular complexity index is 552. The first-order valence-corrected chi connectivity index (χ1v) is 7.14. The van der Waals surface area contributed by atoms with Crippen LogP contribution in [-0.2, 0) is 11.3 Å². The first-order chi connectivity index (χ1) is 9.06. The van der Waals surface area contributed by atoms with Crippen molar-refractivity contribution in [2.75, 3.05) is 0 Å². The molecule has 0 aliphatic heterocycles. The van der Waals surface area contributed by atoms with Crippen LogP contribution < -0.4 is 5.32 Å². The minimum atomic E-state index is -1.28. The first-order valence-electron chi connectivity index (χ1n) is 5.50. The monoisotopic (exact) mass is 315 g/mol. The van der Waals surface area contributed by atoms with Gasteiger partial charge >= 0.3 is 0 Å². The van der Waals surface area contributed by atoms with E-state index in [0.717, 1.165) is 4.88 Å². The fraction of sp³-hybridized carbons (Fsp3) is 0.154. The van der Waals surface area contributed by atoms with Gasteiger partial charge in [0.2, 0.25) is 0 Å². The number of thiophene rings is 1. The number of aliphatic hydroxyl groups is 1. The largest absolute Gasteiger partial charge is 0.378 e. The number of halogens is 2. The first kappa shape index (κ1) is 14.3. The number of hydrogen-bond donors (Lipinski definition) is 2. The second-order valence-corrected chi connectivity index (χ2v) is 5.81. The molecule has 100 valence electrons. The number of nitrogens with one attached hydrogen (secondary N) is 1. The number of carbonyl (C=O) groups is 1. The van der Waals surface area contributed by atoms with E-state index in [1.807, 2.05) is 17.5 Å². The van der Waals surface area contributed by atoms with Crippen molar-refractivity contribution in [1.29, 1.82) is 0 Å². The number of hydrogen-bond acceptors (Lipinski definition) is 3. The highest BCUT2D eigenvalue weighted by atomic mass is 35.5. The second kappa shape index (κ2) is 6.39. The Morgan fingerprint density at radius 1 is 1.32 bits per heavy atom. The smallest absolute Gasteiger partial charge is 0.253 e. The molecule has 0 saturated carbocycles. The van der Waals surface area contributed by atoms with Gasteiger partial charge in [-0.3, -0.25) is 4.79 Å². The van der Waals surface area contributed by atoms with E-state index >= 15 is 0 Å². The molecule has 0 radical (unpaired) electrons. The van der Waals surface area contributed by atoms with Crippen molar-refractivity contribution in [3.63, 3.8) is 0 Å². The molecule has 0 saturated heterocycles. The normalized spacial score (nSPS) is 12.2. The van der Waals surface area contributed by atoms with Crippen molar-refractivity contribution in [1.82, 2.24) is 5.32 Å². The minimum Gasteiger partial charge on any atom is -0.378 e. The molecule has 1 amide bonds. The van der Waals surface area contributed by atoms with Crippen molar-refractivity contribution in [2.24, 2.45) is 0 Å². The van der Waals surface area contributed by atoms with Gasteiger partial charge in [-0.15, -0.1) is 11.3 Å². The average Bonchev–Trinajstić information content (AvgIpc) is 2.87. The molecule has 19 heavy (non-hydrogen) atoms. The molecule has 0 fully saturated rings. The zero-order valence-electron chi connectivity index (χ0n) is 9.77. The van der Waals surface area contributed by atoms with Crippen LogP contribution in [0, 0.1) is 0 Å². The number of benzene rings is 1. The maximum Gasteiger partial charge on any atom is 0.253 e. The van der Waals surface area contributed by atoms with Gasteiger partial charge in [0.1, 0.15) is 0 Å². The summed E-state index contributed by atoms with van der Waals surface area (Å²) in [5, 5.41) is 15.3. The summed E-state index contributed by atoms with van der Waals surface area (Å²) < 4.78 is 0. The third-order valence-electron chi connectivity index (χ3n) is 2.47. The van der Waals surface area contributed by atoms with Gasteiger partial charge in [-0.2, -0.15) is 0 Å². The summed E-state index contributed by atoms with van der Waals surface area (Å²) in [5.74, 6) is -0.480. The second-order valence-electron chi connectivity index (χ2n) is 3.90. The van der Waals surface area contributed by atoms with Gasteiger partial charge in [0.05, 0.1) is 6.54 Å². The van der Waals surface area contributed by atoms with Crippen molar-refractivity contribution < 1.29 is 9.90 Å². The zero-order valence-corrected chi connectivity index (χ0v) is 12.1. The summed E-state index contributed by atoms with van der Waals surface area (Å²) >= 11 is 13.2. The van der Waals surface area contributed by atoms with Crippen molar-refractivity contribution in [3.05, 3.63) is 56.2 Å². The molecule has 0 aliphatic carbocycles. The fourth-order valence-corrected chi connectivity index (χ4v) is 2.76.